The smallest absolute Gasteiger partial charge is 0.242 e. The predicted octanol–water partition coefficient (Wildman–Crippen LogP) is 2.49. The van der Waals surface area contributed by atoms with E-state index in [0.717, 1.165) is 18.8 Å². The van der Waals surface area contributed by atoms with Gasteiger partial charge in [-0.15, -0.1) is 11.3 Å². The maximum absolute atomic E-state index is 11.9. The number of hydrogen-bond donors (Lipinski definition) is 3. The number of nitrogens with one attached hydrogen (secondary N) is 3. The summed E-state index contributed by atoms with van der Waals surface area (Å²) in [7, 11) is 0. The summed E-state index contributed by atoms with van der Waals surface area (Å²) in [5.74, 6) is 1.21. The van der Waals surface area contributed by atoms with Crippen molar-refractivity contribution in [1.29, 1.82) is 0 Å². The molecule has 0 aliphatic heterocycles. The fraction of sp³-hybridized carbons (Fsp3) is 0.444. The predicted molar refractivity (Wildman–Crippen MR) is 102 cm³/mol. The molecule has 0 radical (unpaired) electrons. The Morgan fingerprint density at radius 1 is 1.24 bits per heavy atom. The topological polar surface area (TPSA) is 78.7 Å². The van der Waals surface area contributed by atoms with Crippen LogP contribution in [0.4, 0.5) is 0 Å². The molecule has 0 spiro atoms. The summed E-state index contributed by atoms with van der Waals surface area (Å²) in [6, 6.07) is 7.81. The lowest BCUT2D eigenvalue weighted by molar-refractivity contribution is -0.119. The molecule has 1 amide bonds. The lowest BCUT2D eigenvalue weighted by Crippen LogP contribution is -2.43. The van der Waals surface area contributed by atoms with E-state index in [-0.39, 0.29) is 17.9 Å². The molecule has 25 heavy (non-hydrogen) atoms. The molecule has 0 aliphatic rings. The Morgan fingerprint density at radius 2 is 2.08 bits per heavy atom. The van der Waals surface area contributed by atoms with Crippen molar-refractivity contribution in [2.24, 2.45) is 4.99 Å². The molecule has 0 aromatic carbocycles. The molecule has 136 valence electrons. The van der Waals surface area contributed by atoms with Gasteiger partial charge in [-0.05, 0) is 30.5 Å². The van der Waals surface area contributed by atoms with Gasteiger partial charge in [-0.2, -0.15) is 0 Å². The lowest BCUT2D eigenvalue weighted by atomic mass is 9.91. The molecule has 2 rings (SSSR count). The van der Waals surface area contributed by atoms with Gasteiger partial charge in [0.05, 0.1) is 12.8 Å². The average molecular weight is 362 g/mol. The van der Waals surface area contributed by atoms with E-state index < -0.39 is 0 Å². The minimum atomic E-state index is -0.147. The maximum atomic E-state index is 11.9. The summed E-state index contributed by atoms with van der Waals surface area (Å²) >= 11 is 1.75. The van der Waals surface area contributed by atoms with Crippen LogP contribution in [0.2, 0.25) is 0 Å². The largest absolute Gasteiger partial charge is 0.467 e. The molecule has 0 saturated heterocycles. The summed E-state index contributed by atoms with van der Waals surface area (Å²) < 4.78 is 5.19. The van der Waals surface area contributed by atoms with E-state index >= 15 is 0 Å². The quantitative estimate of drug-likeness (QED) is 0.498. The van der Waals surface area contributed by atoms with Crippen LogP contribution in [0, 0.1) is 0 Å². The molecule has 2 heterocycles. The molecule has 2 aromatic heterocycles. The van der Waals surface area contributed by atoms with Crippen LogP contribution in [0.3, 0.4) is 0 Å². The van der Waals surface area contributed by atoms with E-state index in [1.165, 1.54) is 4.88 Å². The summed E-state index contributed by atoms with van der Waals surface area (Å²) in [4.78, 5) is 17.6. The van der Waals surface area contributed by atoms with Crippen LogP contribution in [0.25, 0.3) is 0 Å². The summed E-state index contributed by atoms with van der Waals surface area (Å²) in [6.07, 6.45) is 1.59. The Balaban J connectivity index is 1.84. The third-order valence-electron chi connectivity index (χ3n) is 3.65. The summed E-state index contributed by atoms with van der Waals surface area (Å²) in [6.45, 7) is 8.27. The third kappa shape index (κ3) is 6.26. The minimum Gasteiger partial charge on any atom is -0.467 e. The first-order valence-corrected chi connectivity index (χ1v) is 9.24. The van der Waals surface area contributed by atoms with Gasteiger partial charge in [0.15, 0.2) is 5.96 Å². The molecule has 6 nitrogen and oxygen atoms in total. The van der Waals surface area contributed by atoms with Crippen LogP contribution in [-0.4, -0.2) is 31.5 Å². The van der Waals surface area contributed by atoms with Gasteiger partial charge >= 0.3 is 0 Å². The van der Waals surface area contributed by atoms with Crippen molar-refractivity contribution in [2.45, 2.75) is 32.7 Å². The second kappa shape index (κ2) is 9.27. The number of hydrogen-bond acceptors (Lipinski definition) is 4. The third-order valence-corrected chi connectivity index (χ3v) is 4.89. The van der Waals surface area contributed by atoms with Gasteiger partial charge in [-0.3, -0.25) is 4.79 Å². The molecule has 3 N–H and O–H groups in total. The fourth-order valence-electron chi connectivity index (χ4n) is 2.20. The SMILES string of the molecule is CCNC(=NCC(=O)NCc1ccco1)NCC(C)(C)c1cccs1. The van der Waals surface area contributed by atoms with Crippen LogP contribution in [0.15, 0.2) is 45.3 Å². The Hall–Kier alpha value is -2.28. The number of thiophene rings is 1. The van der Waals surface area contributed by atoms with Crippen LogP contribution in [0.1, 0.15) is 31.4 Å². The first-order valence-electron chi connectivity index (χ1n) is 8.36. The maximum Gasteiger partial charge on any atom is 0.242 e. The zero-order chi connectivity index (χ0) is 18.1. The van der Waals surface area contributed by atoms with Gasteiger partial charge in [0.25, 0.3) is 0 Å². The van der Waals surface area contributed by atoms with E-state index in [9.17, 15) is 4.79 Å². The molecular formula is C18H26N4O2S. The molecular weight excluding hydrogens is 336 g/mol. The number of aliphatic imine (C=N–C) groups is 1. The minimum absolute atomic E-state index is 0.00803. The second-order valence-electron chi connectivity index (χ2n) is 6.27. The van der Waals surface area contributed by atoms with E-state index in [2.05, 4.69) is 52.3 Å². The van der Waals surface area contributed by atoms with Crippen molar-refractivity contribution >= 4 is 23.2 Å². The van der Waals surface area contributed by atoms with Crippen molar-refractivity contribution in [2.75, 3.05) is 19.6 Å². The van der Waals surface area contributed by atoms with Crippen molar-refractivity contribution in [3.8, 4) is 0 Å². The average Bonchev–Trinajstić information content (AvgIpc) is 3.29. The molecule has 0 aliphatic carbocycles. The van der Waals surface area contributed by atoms with E-state index in [1.807, 2.05) is 13.0 Å². The number of nitrogens with zero attached hydrogens (tertiary/aromatic N) is 1. The van der Waals surface area contributed by atoms with Gasteiger partial charge < -0.3 is 20.4 Å². The molecule has 0 saturated carbocycles. The normalized spacial score (nSPS) is 12.0. The highest BCUT2D eigenvalue weighted by Crippen LogP contribution is 2.26. The molecule has 7 heteroatoms. The first-order chi connectivity index (χ1) is 12.0. The zero-order valence-corrected chi connectivity index (χ0v) is 15.8. The Kier molecular flexibility index (Phi) is 7.06. The number of carbonyl (C=O) groups is 1. The highest BCUT2D eigenvalue weighted by molar-refractivity contribution is 7.10. The molecule has 0 bridgehead atoms. The summed E-state index contributed by atoms with van der Waals surface area (Å²) in [5, 5.41) is 11.4. The molecule has 0 fully saturated rings. The molecule has 0 atom stereocenters. The summed E-state index contributed by atoms with van der Waals surface area (Å²) in [5.41, 5.74) is -0.00803. The van der Waals surface area contributed by atoms with Crippen LogP contribution < -0.4 is 16.0 Å². The zero-order valence-electron chi connectivity index (χ0n) is 15.0. The number of rotatable bonds is 8. The van der Waals surface area contributed by atoms with Crippen molar-refractivity contribution < 1.29 is 9.21 Å². The van der Waals surface area contributed by atoms with E-state index in [0.29, 0.717) is 12.5 Å². The van der Waals surface area contributed by atoms with E-state index in [1.54, 1.807) is 23.7 Å². The second-order valence-corrected chi connectivity index (χ2v) is 7.21. The standard InChI is InChI=1S/C18H26N4O2S/c1-4-19-17(22-13-18(2,3)15-8-6-10-25-15)21-12-16(23)20-11-14-7-5-9-24-14/h5-10H,4,11-13H2,1-3H3,(H,20,23)(H2,19,21,22). The number of furan rings is 1. The van der Waals surface area contributed by atoms with Gasteiger partial charge in [-0.25, -0.2) is 4.99 Å². The van der Waals surface area contributed by atoms with Gasteiger partial charge in [0, 0.05) is 23.4 Å². The van der Waals surface area contributed by atoms with E-state index in [4.69, 9.17) is 4.42 Å². The van der Waals surface area contributed by atoms with Gasteiger partial charge in [-0.1, -0.05) is 19.9 Å². The highest BCUT2D eigenvalue weighted by atomic mass is 32.1. The van der Waals surface area contributed by atoms with Crippen LogP contribution in [0.5, 0.6) is 0 Å². The number of guanidine groups is 1. The van der Waals surface area contributed by atoms with Crippen molar-refractivity contribution in [1.82, 2.24) is 16.0 Å². The monoisotopic (exact) mass is 362 g/mol. The Morgan fingerprint density at radius 3 is 2.72 bits per heavy atom. The Bertz CT molecular complexity index is 663. The van der Waals surface area contributed by atoms with Crippen LogP contribution in [-0.2, 0) is 16.8 Å². The van der Waals surface area contributed by atoms with Gasteiger partial charge in [0.2, 0.25) is 5.91 Å². The number of carbonyl (C=O) groups excluding carboxylic acids is 1. The lowest BCUT2D eigenvalue weighted by Gasteiger charge is -2.25. The first kappa shape index (κ1) is 19.1. The van der Waals surface area contributed by atoms with Crippen molar-refractivity contribution in [3.63, 3.8) is 0 Å². The highest BCUT2D eigenvalue weighted by Gasteiger charge is 2.21. The molecule has 0 unspecified atom stereocenters. The fourth-order valence-corrected chi connectivity index (χ4v) is 3.05. The van der Waals surface area contributed by atoms with Crippen molar-refractivity contribution in [3.05, 3.63) is 46.5 Å². The number of amides is 1. The van der Waals surface area contributed by atoms with Gasteiger partial charge in [0.1, 0.15) is 12.3 Å². The van der Waals surface area contributed by atoms with Crippen LogP contribution >= 0.6 is 11.3 Å². The molecule has 2 aromatic rings. The Labute approximate surface area is 152 Å².